The van der Waals surface area contributed by atoms with E-state index in [0.717, 1.165) is 17.5 Å². The molecule has 0 saturated heterocycles. The van der Waals surface area contributed by atoms with E-state index in [-0.39, 0.29) is 18.7 Å². The van der Waals surface area contributed by atoms with Crippen LogP contribution < -0.4 is 5.32 Å². The number of H-pyrrole nitrogens is 1. The van der Waals surface area contributed by atoms with Gasteiger partial charge < -0.3 is 15.4 Å². The molecule has 0 saturated carbocycles. The van der Waals surface area contributed by atoms with E-state index in [9.17, 15) is 5.11 Å². The smallest absolute Gasteiger partial charge is 0.0588 e. The molecule has 0 aliphatic heterocycles. The Kier molecular flexibility index (Phi) is 5.02. The Morgan fingerprint density at radius 1 is 1.25 bits per heavy atom. The fourth-order valence-corrected chi connectivity index (χ4v) is 3.05. The molecule has 3 aromatic rings. The summed E-state index contributed by atoms with van der Waals surface area (Å²) in [6.45, 7) is 6.44. The van der Waals surface area contributed by atoms with Crippen molar-refractivity contribution < 1.29 is 5.11 Å². The molecule has 2 atom stereocenters. The Labute approximate surface area is 142 Å². The molecular formula is C19H26N4O. The number of aliphatic hydroxyl groups is 1. The first kappa shape index (κ1) is 16.7. The molecule has 5 heteroatoms. The maximum Gasteiger partial charge on any atom is 0.0588 e. The van der Waals surface area contributed by atoms with E-state index >= 15 is 0 Å². The molecule has 0 bridgehead atoms. The lowest BCUT2D eigenvalue weighted by atomic mass is 10.0. The van der Waals surface area contributed by atoms with Gasteiger partial charge in [0.2, 0.25) is 0 Å². The van der Waals surface area contributed by atoms with Gasteiger partial charge in [0.1, 0.15) is 0 Å². The number of hydrogen-bond donors (Lipinski definition) is 3. The molecule has 128 valence electrons. The van der Waals surface area contributed by atoms with Crippen LogP contribution in [0.15, 0.2) is 42.9 Å². The van der Waals surface area contributed by atoms with E-state index in [1.165, 1.54) is 10.9 Å². The molecule has 2 heterocycles. The summed E-state index contributed by atoms with van der Waals surface area (Å²) in [5, 5.41) is 18.9. The van der Waals surface area contributed by atoms with Gasteiger partial charge in [-0.1, -0.05) is 18.2 Å². The topological polar surface area (TPSA) is 65.9 Å². The number of aromatic nitrogens is 3. The predicted octanol–water partition coefficient (Wildman–Crippen LogP) is 3.20. The summed E-state index contributed by atoms with van der Waals surface area (Å²) in [4.78, 5) is 3.30. The molecule has 0 aliphatic rings. The molecule has 1 aromatic carbocycles. The Bertz CT molecular complexity index is 789. The molecular weight excluding hydrogens is 300 g/mol. The molecule has 3 rings (SSSR count). The average Bonchev–Trinajstić information content (AvgIpc) is 3.22. The van der Waals surface area contributed by atoms with Crippen molar-refractivity contribution in [3.63, 3.8) is 0 Å². The van der Waals surface area contributed by atoms with Gasteiger partial charge in [-0.05, 0) is 38.8 Å². The van der Waals surface area contributed by atoms with Gasteiger partial charge in [0.25, 0.3) is 0 Å². The van der Waals surface area contributed by atoms with Crippen LogP contribution in [-0.4, -0.2) is 32.5 Å². The number of rotatable bonds is 7. The molecule has 0 fully saturated rings. The number of aliphatic hydroxyl groups excluding tert-OH is 1. The summed E-state index contributed by atoms with van der Waals surface area (Å²) in [5.41, 5.74) is 3.50. The molecule has 0 aliphatic carbocycles. The summed E-state index contributed by atoms with van der Waals surface area (Å²) in [6, 6.07) is 8.75. The van der Waals surface area contributed by atoms with Gasteiger partial charge in [-0.3, -0.25) is 4.68 Å². The lowest BCUT2D eigenvalue weighted by Crippen LogP contribution is -2.36. The van der Waals surface area contributed by atoms with E-state index in [1.54, 1.807) is 0 Å². The highest BCUT2D eigenvalue weighted by molar-refractivity contribution is 5.83. The minimum Gasteiger partial charge on any atom is -0.395 e. The van der Waals surface area contributed by atoms with Gasteiger partial charge >= 0.3 is 0 Å². The maximum atomic E-state index is 9.79. The summed E-state index contributed by atoms with van der Waals surface area (Å²) in [7, 11) is 0. The Hall–Kier alpha value is -2.11. The molecule has 24 heavy (non-hydrogen) atoms. The van der Waals surface area contributed by atoms with Crippen LogP contribution in [0.2, 0.25) is 0 Å². The third-order valence-electron chi connectivity index (χ3n) is 4.50. The second kappa shape index (κ2) is 7.20. The van der Waals surface area contributed by atoms with Crippen molar-refractivity contribution in [3.8, 4) is 0 Å². The van der Waals surface area contributed by atoms with Crippen molar-refractivity contribution in [2.75, 3.05) is 6.61 Å². The minimum absolute atomic E-state index is 0.00149. The van der Waals surface area contributed by atoms with Crippen molar-refractivity contribution in [1.29, 1.82) is 0 Å². The monoisotopic (exact) mass is 326 g/mol. The van der Waals surface area contributed by atoms with Crippen molar-refractivity contribution in [2.24, 2.45) is 0 Å². The predicted molar refractivity (Wildman–Crippen MR) is 97.0 cm³/mol. The number of nitrogens with one attached hydrogen (secondary N) is 2. The summed E-state index contributed by atoms with van der Waals surface area (Å²) in [6.07, 6.45) is 6.79. The van der Waals surface area contributed by atoms with Crippen molar-refractivity contribution in [2.45, 2.75) is 45.3 Å². The lowest BCUT2D eigenvalue weighted by molar-refractivity contribution is 0.233. The van der Waals surface area contributed by atoms with Gasteiger partial charge in [-0.2, -0.15) is 5.10 Å². The van der Waals surface area contributed by atoms with Crippen LogP contribution >= 0.6 is 0 Å². The third kappa shape index (κ3) is 3.52. The van der Waals surface area contributed by atoms with Gasteiger partial charge in [0, 0.05) is 47.0 Å². The first-order valence-corrected chi connectivity index (χ1v) is 8.54. The van der Waals surface area contributed by atoms with Crippen molar-refractivity contribution >= 4 is 10.9 Å². The highest BCUT2D eigenvalue weighted by Crippen LogP contribution is 2.20. The number of hydrogen-bond acceptors (Lipinski definition) is 3. The zero-order valence-electron chi connectivity index (χ0n) is 14.5. The van der Waals surface area contributed by atoms with Gasteiger partial charge in [-0.15, -0.1) is 0 Å². The van der Waals surface area contributed by atoms with Crippen LogP contribution in [0, 0.1) is 0 Å². The number of benzene rings is 1. The highest BCUT2D eigenvalue weighted by Gasteiger charge is 2.16. The molecule has 0 amide bonds. The lowest BCUT2D eigenvalue weighted by Gasteiger charge is -2.21. The zero-order valence-corrected chi connectivity index (χ0v) is 14.5. The fraction of sp³-hybridized carbons (Fsp3) is 0.421. The summed E-state index contributed by atoms with van der Waals surface area (Å²) < 4.78 is 1.96. The first-order valence-electron chi connectivity index (χ1n) is 8.54. The average molecular weight is 326 g/mol. The SMILES string of the molecule is CC(C)n1cc([C@@H](C)N[C@H](CO)Cc2c[nH]c3ccccc23)cn1. The van der Waals surface area contributed by atoms with Crippen LogP contribution in [0.4, 0.5) is 0 Å². The van der Waals surface area contributed by atoms with E-state index in [0.29, 0.717) is 6.04 Å². The van der Waals surface area contributed by atoms with Crippen molar-refractivity contribution in [3.05, 3.63) is 54.0 Å². The maximum absolute atomic E-state index is 9.79. The fourth-order valence-electron chi connectivity index (χ4n) is 3.05. The normalized spacial score (nSPS) is 14.4. The quantitative estimate of drug-likeness (QED) is 0.625. The van der Waals surface area contributed by atoms with E-state index < -0.39 is 0 Å². The second-order valence-corrected chi connectivity index (χ2v) is 6.68. The minimum atomic E-state index is 0.00149. The van der Waals surface area contributed by atoms with E-state index in [4.69, 9.17) is 0 Å². The van der Waals surface area contributed by atoms with E-state index in [1.807, 2.05) is 29.2 Å². The van der Waals surface area contributed by atoms with E-state index in [2.05, 4.69) is 54.5 Å². The third-order valence-corrected chi connectivity index (χ3v) is 4.50. The molecule has 0 radical (unpaired) electrons. The molecule has 3 N–H and O–H groups in total. The van der Waals surface area contributed by atoms with Crippen LogP contribution in [-0.2, 0) is 6.42 Å². The van der Waals surface area contributed by atoms with Crippen LogP contribution in [0.3, 0.4) is 0 Å². The van der Waals surface area contributed by atoms with Crippen LogP contribution in [0.5, 0.6) is 0 Å². The summed E-state index contributed by atoms with van der Waals surface area (Å²) in [5.74, 6) is 0. The van der Waals surface area contributed by atoms with Gasteiger partial charge in [0.15, 0.2) is 0 Å². The largest absolute Gasteiger partial charge is 0.395 e. The standard InChI is InChI=1S/C19H26N4O/c1-13(2)23-11-16(10-21-23)14(3)22-17(12-24)8-15-9-20-19-7-5-4-6-18(15)19/h4-7,9-11,13-14,17,20,22,24H,8,12H2,1-3H3/t14-,17+/m1/s1. The van der Waals surface area contributed by atoms with Gasteiger partial charge in [0.05, 0.1) is 12.8 Å². The van der Waals surface area contributed by atoms with Crippen LogP contribution in [0.1, 0.15) is 44.0 Å². The molecule has 0 unspecified atom stereocenters. The Morgan fingerprint density at radius 3 is 2.75 bits per heavy atom. The summed E-state index contributed by atoms with van der Waals surface area (Å²) >= 11 is 0. The highest BCUT2D eigenvalue weighted by atomic mass is 16.3. The Balaban J connectivity index is 1.69. The second-order valence-electron chi connectivity index (χ2n) is 6.68. The number of nitrogens with zero attached hydrogens (tertiary/aromatic N) is 2. The first-order chi connectivity index (χ1) is 11.6. The number of aromatic amines is 1. The zero-order chi connectivity index (χ0) is 17.1. The van der Waals surface area contributed by atoms with Crippen molar-refractivity contribution in [1.82, 2.24) is 20.1 Å². The molecule has 5 nitrogen and oxygen atoms in total. The molecule has 2 aromatic heterocycles. The number of fused-ring (bicyclic) bond motifs is 1. The molecule has 0 spiro atoms. The van der Waals surface area contributed by atoms with Gasteiger partial charge in [-0.25, -0.2) is 0 Å². The number of para-hydroxylation sites is 1. The Morgan fingerprint density at radius 2 is 2.04 bits per heavy atom. The van der Waals surface area contributed by atoms with Crippen LogP contribution in [0.25, 0.3) is 10.9 Å².